The first kappa shape index (κ1) is 30.7. The molecule has 2 rings (SSSR count). The number of primary amides is 1. The Morgan fingerprint density at radius 1 is 0.923 bits per heavy atom. The largest absolute Gasteiger partial charge is 0.481 e. The molecule has 1 aromatic carbocycles. The zero-order chi connectivity index (χ0) is 29.3. The van der Waals surface area contributed by atoms with Crippen LogP contribution in [-0.2, 0) is 35.2 Å². The second kappa shape index (κ2) is 13.9. The number of H-pyrrole nitrogens is 1. The number of carbonyl (C=O) groups excluding carboxylic acids is 4. The number of para-hydroxylation sites is 1. The molecule has 0 saturated carbocycles. The highest BCUT2D eigenvalue weighted by Gasteiger charge is 2.32. The van der Waals surface area contributed by atoms with Crippen LogP contribution in [0, 0.1) is 0 Å². The van der Waals surface area contributed by atoms with Crippen molar-refractivity contribution in [3.63, 3.8) is 0 Å². The molecule has 39 heavy (non-hydrogen) atoms. The number of nitrogens with one attached hydrogen (secondary N) is 4. The summed E-state index contributed by atoms with van der Waals surface area (Å²) in [6, 6.07) is 1.18. The van der Waals surface area contributed by atoms with Gasteiger partial charge in [-0.25, -0.2) is 4.79 Å². The van der Waals surface area contributed by atoms with E-state index in [2.05, 4.69) is 20.9 Å². The van der Waals surface area contributed by atoms with Gasteiger partial charge in [-0.1, -0.05) is 18.2 Å². The van der Waals surface area contributed by atoms with E-state index >= 15 is 0 Å². The lowest BCUT2D eigenvalue weighted by atomic mass is 10.0. The monoisotopic (exact) mass is 548 g/mol. The minimum atomic E-state index is -1.72. The van der Waals surface area contributed by atoms with Gasteiger partial charge in [0.25, 0.3) is 0 Å². The molecule has 212 valence electrons. The second-order valence-electron chi connectivity index (χ2n) is 8.95. The molecule has 0 aliphatic rings. The highest BCUT2D eigenvalue weighted by atomic mass is 16.4. The van der Waals surface area contributed by atoms with E-state index in [9.17, 15) is 39.0 Å². The van der Waals surface area contributed by atoms with Crippen LogP contribution in [-0.4, -0.2) is 86.1 Å². The van der Waals surface area contributed by atoms with Gasteiger partial charge in [0.1, 0.15) is 24.2 Å². The number of fused-ring (bicyclic) bond motifs is 1. The van der Waals surface area contributed by atoms with Crippen LogP contribution in [0.15, 0.2) is 30.5 Å². The van der Waals surface area contributed by atoms with Gasteiger partial charge in [-0.3, -0.25) is 24.0 Å². The smallest absolute Gasteiger partial charge is 0.326 e. The fourth-order valence-electron chi connectivity index (χ4n) is 3.70. The van der Waals surface area contributed by atoms with Crippen molar-refractivity contribution in [1.29, 1.82) is 0 Å². The van der Waals surface area contributed by atoms with Crippen molar-refractivity contribution in [3.05, 3.63) is 36.0 Å². The number of carbonyl (C=O) groups is 6. The number of nitrogens with two attached hydrogens (primary N) is 2. The highest BCUT2D eigenvalue weighted by Crippen LogP contribution is 2.19. The molecule has 15 nitrogen and oxygen atoms in total. The minimum Gasteiger partial charge on any atom is -0.481 e. The molecule has 0 bridgehead atoms. The Morgan fingerprint density at radius 2 is 1.51 bits per heavy atom. The summed E-state index contributed by atoms with van der Waals surface area (Å²) >= 11 is 0. The molecule has 2 aromatic rings. The average molecular weight is 549 g/mol. The van der Waals surface area contributed by atoms with Crippen molar-refractivity contribution in [2.75, 3.05) is 0 Å². The third-order valence-electron chi connectivity index (χ3n) is 5.85. The molecule has 0 fully saturated rings. The summed E-state index contributed by atoms with van der Waals surface area (Å²) < 4.78 is 0. The summed E-state index contributed by atoms with van der Waals surface area (Å²) in [6.07, 6.45) is -1.44. The standard InChI is InChI=1S/C24H32N6O9/c1-11(31)20(26)23(37)29-16(8-12-10-27-14-5-3-2-4-13(12)14)22(36)28-15(6-7-19(33)34)21(35)30-17(24(38)39)9-18(25)32/h2-5,10-11,15-17,20,27,31H,6-9,26H2,1H3,(H2,25,32)(H,28,36)(H,29,37)(H,30,35)(H,33,34)(H,38,39). The van der Waals surface area contributed by atoms with Crippen LogP contribution in [0.2, 0.25) is 0 Å². The normalized spacial score (nSPS) is 14.8. The van der Waals surface area contributed by atoms with Crippen molar-refractivity contribution < 1.29 is 44.1 Å². The van der Waals surface area contributed by atoms with Gasteiger partial charge in [-0.2, -0.15) is 0 Å². The van der Waals surface area contributed by atoms with E-state index in [1.165, 1.54) is 6.92 Å². The van der Waals surface area contributed by atoms with Crippen LogP contribution in [0.25, 0.3) is 10.9 Å². The summed E-state index contributed by atoms with van der Waals surface area (Å²) in [7, 11) is 0. The topological polar surface area (TPSA) is 267 Å². The van der Waals surface area contributed by atoms with E-state index in [1.54, 1.807) is 30.5 Å². The summed E-state index contributed by atoms with van der Waals surface area (Å²) in [5.41, 5.74) is 12.1. The Hall–Kier alpha value is -4.50. The van der Waals surface area contributed by atoms with E-state index in [-0.39, 0.29) is 6.42 Å². The third kappa shape index (κ3) is 9.08. The zero-order valence-electron chi connectivity index (χ0n) is 21.0. The van der Waals surface area contributed by atoms with Crippen molar-refractivity contribution in [2.45, 2.75) is 62.9 Å². The molecule has 0 spiro atoms. The molecular formula is C24H32N6O9. The van der Waals surface area contributed by atoms with Gasteiger partial charge in [0.15, 0.2) is 0 Å². The van der Waals surface area contributed by atoms with E-state index in [0.29, 0.717) is 5.56 Å². The predicted molar refractivity (Wildman–Crippen MR) is 136 cm³/mol. The third-order valence-corrected chi connectivity index (χ3v) is 5.85. The number of aliphatic hydroxyl groups excluding tert-OH is 1. The maximum atomic E-state index is 13.3. The minimum absolute atomic E-state index is 0.0825. The van der Waals surface area contributed by atoms with Gasteiger partial charge in [0.05, 0.1) is 12.5 Å². The van der Waals surface area contributed by atoms with E-state index in [1.807, 2.05) is 0 Å². The predicted octanol–water partition coefficient (Wildman–Crippen LogP) is -2.30. The average Bonchev–Trinajstić information content (AvgIpc) is 3.27. The molecule has 5 atom stereocenters. The van der Waals surface area contributed by atoms with Crippen LogP contribution in [0.5, 0.6) is 0 Å². The number of benzene rings is 1. The van der Waals surface area contributed by atoms with Crippen LogP contribution in [0.3, 0.4) is 0 Å². The van der Waals surface area contributed by atoms with Gasteiger partial charge in [-0.15, -0.1) is 0 Å². The SMILES string of the molecule is CC(O)C(N)C(=O)NC(Cc1c[nH]c2ccccc12)C(=O)NC(CCC(=O)O)C(=O)NC(CC(N)=O)C(=O)O. The van der Waals surface area contributed by atoms with Crippen molar-refractivity contribution in [3.8, 4) is 0 Å². The number of hydrogen-bond acceptors (Lipinski definition) is 8. The van der Waals surface area contributed by atoms with Crippen LogP contribution >= 0.6 is 0 Å². The Balaban J connectivity index is 2.33. The lowest BCUT2D eigenvalue weighted by Crippen LogP contribution is -2.58. The van der Waals surface area contributed by atoms with Crippen LogP contribution < -0.4 is 27.4 Å². The van der Waals surface area contributed by atoms with Gasteiger partial charge >= 0.3 is 11.9 Å². The summed E-state index contributed by atoms with van der Waals surface area (Å²) in [5.74, 6) is -6.70. The molecule has 0 aliphatic heterocycles. The number of carboxylic acid groups (broad SMARTS) is 2. The molecule has 5 unspecified atom stereocenters. The maximum absolute atomic E-state index is 13.3. The number of carboxylic acids is 2. The van der Waals surface area contributed by atoms with E-state index < -0.39 is 85.1 Å². The van der Waals surface area contributed by atoms with Gasteiger partial charge in [0.2, 0.25) is 23.6 Å². The van der Waals surface area contributed by atoms with E-state index in [0.717, 1.165) is 10.9 Å². The summed E-state index contributed by atoms with van der Waals surface area (Å²) in [6.45, 7) is 1.29. The van der Waals surface area contributed by atoms with Gasteiger partial charge < -0.3 is 47.7 Å². The Kier molecular flexibility index (Phi) is 10.9. The first-order valence-corrected chi connectivity index (χ1v) is 11.9. The number of hydrogen-bond donors (Lipinski definition) is 9. The Morgan fingerprint density at radius 3 is 2.10 bits per heavy atom. The molecular weight excluding hydrogens is 516 g/mol. The fraction of sp³-hybridized carbons (Fsp3) is 0.417. The second-order valence-corrected chi connectivity index (χ2v) is 8.95. The molecule has 0 aliphatic carbocycles. The van der Waals surface area contributed by atoms with Crippen molar-refractivity contribution in [1.82, 2.24) is 20.9 Å². The quantitative estimate of drug-likeness (QED) is 0.115. The molecule has 15 heteroatoms. The highest BCUT2D eigenvalue weighted by molar-refractivity contribution is 5.95. The zero-order valence-corrected chi connectivity index (χ0v) is 21.0. The molecule has 1 heterocycles. The van der Waals surface area contributed by atoms with Crippen LogP contribution in [0.4, 0.5) is 0 Å². The molecule has 1 aromatic heterocycles. The summed E-state index contributed by atoms with van der Waals surface area (Å²) in [4.78, 5) is 75.6. The lowest BCUT2D eigenvalue weighted by molar-refractivity contribution is -0.144. The summed E-state index contributed by atoms with van der Waals surface area (Å²) in [5, 5.41) is 35.7. The maximum Gasteiger partial charge on any atom is 0.326 e. The number of aromatic nitrogens is 1. The first-order valence-electron chi connectivity index (χ1n) is 11.9. The van der Waals surface area contributed by atoms with E-state index in [4.69, 9.17) is 16.6 Å². The lowest BCUT2D eigenvalue weighted by Gasteiger charge is -2.25. The van der Waals surface area contributed by atoms with Gasteiger partial charge in [-0.05, 0) is 25.0 Å². The molecule has 0 saturated heterocycles. The van der Waals surface area contributed by atoms with Crippen molar-refractivity contribution in [2.24, 2.45) is 11.5 Å². The number of aliphatic carboxylic acids is 2. The number of rotatable bonds is 15. The number of aliphatic hydroxyl groups is 1. The first-order chi connectivity index (χ1) is 18.3. The van der Waals surface area contributed by atoms with Crippen LogP contribution in [0.1, 0.15) is 31.7 Å². The van der Waals surface area contributed by atoms with Gasteiger partial charge in [0, 0.05) is 29.9 Å². The fourth-order valence-corrected chi connectivity index (χ4v) is 3.70. The Bertz CT molecular complexity index is 1230. The Labute approximate surface area is 222 Å². The molecule has 4 amide bonds. The number of aromatic amines is 1. The molecule has 11 N–H and O–H groups in total. The molecule has 0 radical (unpaired) electrons. The number of amides is 4. The van der Waals surface area contributed by atoms with Crippen molar-refractivity contribution >= 4 is 46.5 Å².